The van der Waals surface area contributed by atoms with Gasteiger partial charge in [-0.1, -0.05) is 36.6 Å². The topological polar surface area (TPSA) is 48.5 Å². The summed E-state index contributed by atoms with van der Waals surface area (Å²) in [6.45, 7) is 5.77. The Morgan fingerprint density at radius 2 is 1.93 bits per heavy atom. The molecule has 2 heterocycles. The average molecular weight is 401 g/mol. The number of nitrogens with one attached hydrogen (secondary N) is 1. The van der Waals surface area contributed by atoms with Crippen molar-refractivity contribution in [3.05, 3.63) is 58.7 Å². The average Bonchev–Trinajstić information content (AvgIpc) is 3.00. The van der Waals surface area contributed by atoms with Gasteiger partial charge in [-0.3, -0.25) is 0 Å². The van der Waals surface area contributed by atoms with Crippen molar-refractivity contribution in [1.29, 1.82) is 0 Å². The van der Waals surface area contributed by atoms with E-state index in [0.717, 1.165) is 30.0 Å². The fourth-order valence-corrected chi connectivity index (χ4v) is 3.73. The molecule has 0 bridgehead atoms. The molecule has 2 amide bonds. The number of carbonyl (C=O) groups is 1. The van der Waals surface area contributed by atoms with E-state index in [1.54, 1.807) is 4.90 Å². The first kappa shape index (κ1) is 20.5. The highest BCUT2D eigenvalue weighted by atomic mass is 35.5. The molecule has 3 rings (SSSR count). The minimum absolute atomic E-state index is 0.0735. The van der Waals surface area contributed by atoms with Gasteiger partial charge in [0.15, 0.2) is 0 Å². The van der Waals surface area contributed by atoms with Gasteiger partial charge in [0.2, 0.25) is 0 Å². The molecular weight excluding hydrogens is 372 g/mol. The van der Waals surface area contributed by atoms with Crippen LogP contribution in [-0.4, -0.2) is 35.5 Å². The van der Waals surface area contributed by atoms with E-state index in [-0.39, 0.29) is 6.03 Å². The zero-order valence-corrected chi connectivity index (χ0v) is 17.3. The van der Waals surface area contributed by atoms with Crippen LogP contribution in [0.15, 0.2) is 42.6 Å². The molecule has 1 fully saturated rings. The number of hydrogen-bond donors (Lipinski definition) is 1. The van der Waals surface area contributed by atoms with Gasteiger partial charge in [0.05, 0.1) is 0 Å². The Kier molecular flexibility index (Phi) is 7.54. The standard InChI is InChI=1S/C22H29ClN4O/c1-2-26(17-19-8-7-9-20(23)14-19)22(28)25-16-18-10-11-24-21(15-18)27-12-5-3-4-6-13-27/h7-11,14-15H,2-6,12-13,16-17H2,1H3,(H,25,28). The minimum Gasteiger partial charge on any atom is -0.357 e. The lowest BCUT2D eigenvalue weighted by molar-refractivity contribution is 0.197. The first-order valence-electron chi connectivity index (χ1n) is 10.1. The van der Waals surface area contributed by atoms with E-state index in [0.29, 0.717) is 24.7 Å². The number of amides is 2. The van der Waals surface area contributed by atoms with Crippen LogP contribution in [0.3, 0.4) is 0 Å². The smallest absolute Gasteiger partial charge is 0.317 e. The SMILES string of the molecule is CCN(Cc1cccc(Cl)c1)C(=O)NCc1ccnc(N2CCCCCC2)c1. The van der Waals surface area contributed by atoms with Crippen molar-refractivity contribution < 1.29 is 4.79 Å². The number of aromatic nitrogens is 1. The van der Waals surface area contributed by atoms with Crippen molar-refractivity contribution in [2.24, 2.45) is 0 Å². The molecule has 150 valence electrons. The third-order valence-electron chi connectivity index (χ3n) is 5.12. The van der Waals surface area contributed by atoms with Gasteiger partial charge in [-0.2, -0.15) is 0 Å². The fourth-order valence-electron chi connectivity index (χ4n) is 3.52. The Bertz CT molecular complexity index is 775. The van der Waals surface area contributed by atoms with E-state index in [4.69, 9.17) is 11.6 Å². The molecule has 28 heavy (non-hydrogen) atoms. The molecule has 0 saturated carbocycles. The summed E-state index contributed by atoms with van der Waals surface area (Å²) >= 11 is 6.05. The summed E-state index contributed by atoms with van der Waals surface area (Å²) in [5.74, 6) is 1.01. The van der Waals surface area contributed by atoms with Crippen molar-refractivity contribution in [3.8, 4) is 0 Å². The molecule has 6 heteroatoms. The van der Waals surface area contributed by atoms with E-state index in [1.165, 1.54) is 25.7 Å². The van der Waals surface area contributed by atoms with Gasteiger partial charge in [0, 0.05) is 43.9 Å². The lowest BCUT2D eigenvalue weighted by Gasteiger charge is -2.23. The summed E-state index contributed by atoms with van der Waals surface area (Å²) in [7, 11) is 0. The molecule has 2 aromatic rings. The van der Waals surface area contributed by atoms with Crippen molar-refractivity contribution in [3.63, 3.8) is 0 Å². The van der Waals surface area contributed by atoms with Crippen molar-refractivity contribution in [2.45, 2.75) is 45.7 Å². The van der Waals surface area contributed by atoms with Crippen LogP contribution in [-0.2, 0) is 13.1 Å². The second-order valence-corrected chi connectivity index (χ2v) is 7.66. The molecule has 0 atom stereocenters. The molecule has 0 unspecified atom stereocenters. The lowest BCUT2D eigenvalue weighted by atomic mass is 10.2. The number of urea groups is 1. The Morgan fingerprint density at radius 1 is 1.14 bits per heavy atom. The van der Waals surface area contributed by atoms with E-state index in [2.05, 4.69) is 21.3 Å². The number of halogens is 1. The Hall–Kier alpha value is -2.27. The molecule has 1 N–H and O–H groups in total. The molecule has 1 aliphatic rings. The molecule has 5 nitrogen and oxygen atoms in total. The van der Waals surface area contributed by atoms with Gasteiger partial charge < -0.3 is 15.1 Å². The number of hydrogen-bond acceptors (Lipinski definition) is 3. The molecule has 0 aliphatic carbocycles. The predicted molar refractivity (Wildman–Crippen MR) is 115 cm³/mol. The summed E-state index contributed by atoms with van der Waals surface area (Å²) in [6.07, 6.45) is 6.87. The zero-order chi connectivity index (χ0) is 19.8. The maximum Gasteiger partial charge on any atom is 0.317 e. The van der Waals surface area contributed by atoms with Gasteiger partial charge >= 0.3 is 6.03 Å². The summed E-state index contributed by atoms with van der Waals surface area (Å²) in [4.78, 5) is 21.3. The van der Waals surface area contributed by atoms with Crippen molar-refractivity contribution in [1.82, 2.24) is 15.2 Å². The van der Waals surface area contributed by atoms with Crippen LogP contribution >= 0.6 is 11.6 Å². The van der Waals surface area contributed by atoms with Gasteiger partial charge in [-0.15, -0.1) is 0 Å². The summed E-state index contributed by atoms with van der Waals surface area (Å²) < 4.78 is 0. The first-order chi connectivity index (χ1) is 13.7. The van der Waals surface area contributed by atoms with Crippen LogP contribution in [0.4, 0.5) is 10.6 Å². The Morgan fingerprint density at radius 3 is 2.64 bits per heavy atom. The van der Waals surface area contributed by atoms with E-state index in [9.17, 15) is 4.79 Å². The largest absolute Gasteiger partial charge is 0.357 e. The number of anilines is 1. The van der Waals surface area contributed by atoms with Gasteiger partial charge in [-0.25, -0.2) is 9.78 Å². The highest BCUT2D eigenvalue weighted by Gasteiger charge is 2.14. The van der Waals surface area contributed by atoms with Crippen LogP contribution in [0.25, 0.3) is 0 Å². The fraction of sp³-hybridized carbons (Fsp3) is 0.455. The number of benzene rings is 1. The summed E-state index contributed by atoms with van der Waals surface area (Å²) in [5, 5.41) is 3.72. The monoisotopic (exact) mass is 400 g/mol. The summed E-state index contributed by atoms with van der Waals surface area (Å²) in [6, 6.07) is 11.6. The number of pyridine rings is 1. The molecule has 1 aromatic heterocycles. The molecule has 1 aromatic carbocycles. The number of nitrogens with zero attached hydrogens (tertiary/aromatic N) is 3. The van der Waals surface area contributed by atoms with Crippen LogP contribution in [0.1, 0.15) is 43.7 Å². The first-order valence-corrected chi connectivity index (χ1v) is 10.5. The number of rotatable bonds is 6. The predicted octanol–water partition coefficient (Wildman–Crippen LogP) is 4.85. The van der Waals surface area contributed by atoms with E-state index >= 15 is 0 Å². The normalized spacial score (nSPS) is 14.4. The van der Waals surface area contributed by atoms with E-state index < -0.39 is 0 Å². The third-order valence-corrected chi connectivity index (χ3v) is 5.35. The number of carbonyl (C=O) groups excluding carboxylic acids is 1. The Labute approximate surface area is 172 Å². The zero-order valence-electron chi connectivity index (χ0n) is 16.5. The minimum atomic E-state index is -0.0735. The van der Waals surface area contributed by atoms with Crippen LogP contribution in [0.5, 0.6) is 0 Å². The quantitative estimate of drug-likeness (QED) is 0.754. The summed E-state index contributed by atoms with van der Waals surface area (Å²) in [5.41, 5.74) is 2.10. The van der Waals surface area contributed by atoms with Crippen LogP contribution in [0, 0.1) is 0 Å². The second kappa shape index (κ2) is 10.3. The molecule has 0 spiro atoms. The Balaban J connectivity index is 1.57. The van der Waals surface area contributed by atoms with E-state index in [1.807, 2.05) is 43.5 Å². The molecular formula is C22H29ClN4O. The molecule has 1 saturated heterocycles. The molecule has 1 aliphatic heterocycles. The van der Waals surface area contributed by atoms with Crippen LogP contribution in [0.2, 0.25) is 5.02 Å². The second-order valence-electron chi connectivity index (χ2n) is 7.23. The lowest BCUT2D eigenvalue weighted by Crippen LogP contribution is -2.39. The van der Waals surface area contributed by atoms with Crippen molar-refractivity contribution >= 4 is 23.4 Å². The maximum absolute atomic E-state index is 12.6. The highest BCUT2D eigenvalue weighted by Crippen LogP contribution is 2.18. The highest BCUT2D eigenvalue weighted by molar-refractivity contribution is 6.30. The van der Waals surface area contributed by atoms with Crippen LogP contribution < -0.4 is 10.2 Å². The third kappa shape index (κ3) is 5.86. The van der Waals surface area contributed by atoms with Gasteiger partial charge in [0.1, 0.15) is 5.82 Å². The van der Waals surface area contributed by atoms with Gasteiger partial charge in [-0.05, 0) is 55.2 Å². The maximum atomic E-state index is 12.6. The molecule has 0 radical (unpaired) electrons. The van der Waals surface area contributed by atoms with Crippen molar-refractivity contribution in [2.75, 3.05) is 24.5 Å². The van der Waals surface area contributed by atoms with Gasteiger partial charge in [0.25, 0.3) is 0 Å².